The molecule has 0 atom stereocenters. The second-order valence-corrected chi connectivity index (χ2v) is 7.78. The predicted octanol–water partition coefficient (Wildman–Crippen LogP) is 2.98. The van der Waals surface area contributed by atoms with E-state index in [0.29, 0.717) is 13.1 Å². The van der Waals surface area contributed by atoms with Crippen molar-refractivity contribution in [3.8, 4) is 5.75 Å². The van der Waals surface area contributed by atoms with Gasteiger partial charge in [0.2, 0.25) is 0 Å². The van der Waals surface area contributed by atoms with Crippen LogP contribution in [0.25, 0.3) is 0 Å². The molecule has 0 fully saturated rings. The summed E-state index contributed by atoms with van der Waals surface area (Å²) < 4.78 is 5.48. The molecule has 0 bridgehead atoms. The van der Waals surface area contributed by atoms with Gasteiger partial charge in [0, 0.05) is 43.7 Å². The lowest BCUT2D eigenvalue weighted by atomic mass is 10.2. The van der Waals surface area contributed by atoms with Crippen molar-refractivity contribution in [1.29, 1.82) is 0 Å². The van der Waals surface area contributed by atoms with Gasteiger partial charge in [-0.15, -0.1) is 35.3 Å². The lowest BCUT2D eigenvalue weighted by Crippen LogP contribution is -2.40. The first-order chi connectivity index (χ1) is 13.7. The fourth-order valence-corrected chi connectivity index (χ4v) is 3.75. The smallest absolute Gasteiger partial charge is 0.265 e. The van der Waals surface area contributed by atoms with Crippen LogP contribution in [0.15, 0.2) is 35.5 Å². The van der Waals surface area contributed by atoms with Crippen molar-refractivity contribution in [1.82, 2.24) is 15.6 Å². The third-order valence-electron chi connectivity index (χ3n) is 4.26. The Morgan fingerprint density at radius 3 is 2.93 bits per heavy atom. The third-order valence-corrected chi connectivity index (χ3v) is 5.24. The van der Waals surface area contributed by atoms with Crippen molar-refractivity contribution in [3.05, 3.63) is 40.3 Å². The number of anilines is 1. The lowest BCUT2D eigenvalue weighted by molar-refractivity contribution is -0.121. The molecule has 0 saturated carbocycles. The van der Waals surface area contributed by atoms with Gasteiger partial charge in [-0.1, -0.05) is 12.1 Å². The standard InChI is InChI=1S/C20H27N5O2S.HI/c1-3-21-20(23-11-9-18-24-13-15(2)28-18)22-10-6-12-25-16-7-4-5-8-17(16)27-14-19(25)26;/h4-5,7-8,13H,3,6,9-12,14H2,1-2H3,(H2,21,22,23);1H. The van der Waals surface area contributed by atoms with E-state index in [-0.39, 0.29) is 36.5 Å². The molecule has 0 aliphatic carbocycles. The molecule has 1 aliphatic rings. The van der Waals surface area contributed by atoms with E-state index in [0.717, 1.165) is 48.3 Å². The highest BCUT2D eigenvalue weighted by atomic mass is 127. The molecule has 0 spiro atoms. The van der Waals surface area contributed by atoms with E-state index in [4.69, 9.17) is 4.74 Å². The maximum absolute atomic E-state index is 12.2. The molecule has 1 aromatic heterocycles. The summed E-state index contributed by atoms with van der Waals surface area (Å²) in [5, 5.41) is 7.73. The Kier molecular flexibility index (Phi) is 9.65. The lowest BCUT2D eigenvalue weighted by Gasteiger charge is -2.29. The van der Waals surface area contributed by atoms with Gasteiger partial charge in [0.25, 0.3) is 5.91 Å². The topological polar surface area (TPSA) is 78.9 Å². The molecular weight excluding hydrogens is 501 g/mol. The highest BCUT2D eigenvalue weighted by Gasteiger charge is 2.24. The van der Waals surface area contributed by atoms with Crippen molar-refractivity contribution in [3.63, 3.8) is 0 Å². The predicted molar refractivity (Wildman–Crippen MR) is 129 cm³/mol. The van der Waals surface area contributed by atoms with Crippen molar-refractivity contribution in [2.45, 2.75) is 26.7 Å². The van der Waals surface area contributed by atoms with Gasteiger partial charge in [0.05, 0.1) is 10.7 Å². The van der Waals surface area contributed by atoms with Gasteiger partial charge in [-0.25, -0.2) is 4.98 Å². The van der Waals surface area contributed by atoms with Crippen LogP contribution in [0, 0.1) is 6.92 Å². The molecule has 2 heterocycles. The summed E-state index contributed by atoms with van der Waals surface area (Å²) in [6.45, 7) is 7.06. The monoisotopic (exact) mass is 529 g/mol. The Balaban J connectivity index is 0.00000300. The van der Waals surface area contributed by atoms with Gasteiger partial charge in [-0.3, -0.25) is 9.79 Å². The molecule has 2 aromatic rings. The Morgan fingerprint density at radius 2 is 2.17 bits per heavy atom. The molecule has 3 rings (SSSR count). The van der Waals surface area contributed by atoms with Gasteiger partial charge >= 0.3 is 0 Å². The number of rotatable bonds is 8. The van der Waals surface area contributed by atoms with Crippen molar-refractivity contribution in [2.75, 3.05) is 37.7 Å². The average molecular weight is 529 g/mol. The fourth-order valence-electron chi connectivity index (χ4n) is 2.97. The summed E-state index contributed by atoms with van der Waals surface area (Å²) in [5.74, 6) is 1.55. The van der Waals surface area contributed by atoms with E-state index in [1.165, 1.54) is 4.88 Å². The van der Waals surface area contributed by atoms with Crippen LogP contribution < -0.4 is 20.3 Å². The fraction of sp³-hybridized carbons (Fsp3) is 0.450. The summed E-state index contributed by atoms with van der Waals surface area (Å²) >= 11 is 1.73. The maximum atomic E-state index is 12.2. The average Bonchev–Trinajstić information content (AvgIpc) is 3.11. The molecule has 0 radical (unpaired) electrons. The van der Waals surface area contributed by atoms with Crippen LogP contribution in [0.5, 0.6) is 5.75 Å². The first-order valence-electron chi connectivity index (χ1n) is 9.63. The molecule has 0 saturated heterocycles. The molecule has 1 aromatic carbocycles. The summed E-state index contributed by atoms with van der Waals surface area (Å²) in [6.07, 6.45) is 3.56. The molecule has 0 unspecified atom stereocenters. The first kappa shape index (κ1) is 23.4. The number of nitrogens with zero attached hydrogens (tertiary/aromatic N) is 3. The van der Waals surface area contributed by atoms with Crippen LogP contribution in [-0.2, 0) is 11.2 Å². The normalized spacial score (nSPS) is 13.4. The molecule has 1 amide bonds. The zero-order chi connectivity index (χ0) is 19.8. The van der Waals surface area contributed by atoms with Crippen LogP contribution in [-0.4, -0.2) is 49.6 Å². The van der Waals surface area contributed by atoms with Crippen LogP contribution >= 0.6 is 35.3 Å². The number of nitrogens with one attached hydrogen (secondary N) is 2. The maximum Gasteiger partial charge on any atom is 0.265 e. The molecule has 9 heteroatoms. The minimum Gasteiger partial charge on any atom is -0.482 e. The highest BCUT2D eigenvalue weighted by Crippen LogP contribution is 2.31. The van der Waals surface area contributed by atoms with Crippen LogP contribution in [0.3, 0.4) is 0 Å². The highest BCUT2D eigenvalue weighted by molar-refractivity contribution is 14.0. The first-order valence-corrected chi connectivity index (χ1v) is 10.4. The van der Waals surface area contributed by atoms with E-state index < -0.39 is 0 Å². The zero-order valence-corrected chi connectivity index (χ0v) is 20.0. The number of aliphatic imine (C=N–C) groups is 1. The number of carbonyl (C=O) groups is 1. The number of para-hydroxylation sites is 2. The van der Waals surface area contributed by atoms with Crippen molar-refractivity contribution in [2.24, 2.45) is 4.99 Å². The van der Waals surface area contributed by atoms with E-state index in [1.54, 1.807) is 16.2 Å². The number of halogens is 1. The van der Waals surface area contributed by atoms with Crippen LogP contribution in [0.1, 0.15) is 23.2 Å². The molecule has 1 aliphatic heterocycles. The van der Waals surface area contributed by atoms with Crippen LogP contribution in [0.2, 0.25) is 0 Å². The van der Waals surface area contributed by atoms with E-state index in [9.17, 15) is 4.79 Å². The summed E-state index contributed by atoms with van der Waals surface area (Å²) in [7, 11) is 0. The number of thiazole rings is 1. The van der Waals surface area contributed by atoms with Crippen LogP contribution in [0.4, 0.5) is 5.69 Å². The van der Waals surface area contributed by atoms with E-state index in [1.807, 2.05) is 37.4 Å². The third kappa shape index (κ3) is 6.84. The number of benzene rings is 1. The number of aromatic nitrogens is 1. The Hall–Kier alpha value is -1.88. The quantitative estimate of drug-likeness (QED) is 0.238. The Labute approximate surface area is 193 Å². The summed E-state index contributed by atoms with van der Waals surface area (Å²) in [5.41, 5.74) is 0.839. The van der Waals surface area contributed by atoms with Gasteiger partial charge in [0.1, 0.15) is 5.75 Å². The van der Waals surface area contributed by atoms with E-state index >= 15 is 0 Å². The van der Waals surface area contributed by atoms with Gasteiger partial charge in [-0.2, -0.15) is 0 Å². The largest absolute Gasteiger partial charge is 0.482 e. The van der Waals surface area contributed by atoms with Gasteiger partial charge in [0.15, 0.2) is 12.6 Å². The number of amides is 1. The molecule has 2 N–H and O–H groups in total. The number of aryl methyl sites for hydroxylation is 1. The zero-order valence-electron chi connectivity index (χ0n) is 16.8. The number of fused-ring (bicyclic) bond motifs is 1. The van der Waals surface area contributed by atoms with Crippen molar-refractivity contribution >= 4 is 52.9 Å². The number of hydrogen-bond donors (Lipinski definition) is 2. The molecule has 29 heavy (non-hydrogen) atoms. The SMILES string of the molecule is CCNC(=NCCCN1C(=O)COc2ccccc21)NCCc1ncc(C)s1.I. The second kappa shape index (κ2) is 12.0. The number of hydrogen-bond acceptors (Lipinski definition) is 5. The number of ether oxygens (including phenoxy) is 1. The molecule has 158 valence electrons. The minimum atomic E-state index is -0.00791. The molecular formula is C20H28IN5O2S. The van der Waals surface area contributed by atoms with Crippen molar-refractivity contribution < 1.29 is 9.53 Å². The molecule has 7 nitrogen and oxygen atoms in total. The second-order valence-electron chi connectivity index (χ2n) is 6.46. The minimum absolute atomic E-state index is 0. The summed E-state index contributed by atoms with van der Waals surface area (Å²) in [4.78, 5) is 24.2. The van der Waals surface area contributed by atoms with E-state index in [2.05, 4.69) is 27.5 Å². The van der Waals surface area contributed by atoms with Gasteiger partial charge < -0.3 is 20.3 Å². The van der Waals surface area contributed by atoms with Gasteiger partial charge in [-0.05, 0) is 32.4 Å². The Bertz CT molecular complexity index is 827. The number of carbonyl (C=O) groups excluding carboxylic acids is 1. The Morgan fingerprint density at radius 1 is 1.34 bits per heavy atom. The number of guanidine groups is 1. The summed E-state index contributed by atoms with van der Waals surface area (Å²) in [6, 6.07) is 7.65.